The summed E-state index contributed by atoms with van der Waals surface area (Å²) in [6.45, 7) is 0. The number of nitrogens with zero attached hydrogens (tertiary/aromatic N) is 2. The smallest absolute Gasteiger partial charge is 0.337 e. The van der Waals surface area contributed by atoms with E-state index in [0.29, 0.717) is 0 Å². The van der Waals surface area contributed by atoms with Crippen molar-refractivity contribution >= 4 is 5.97 Å². The molecule has 11 heavy (non-hydrogen) atoms. The van der Waals surface area contributed by atoms with E-state index in [4.69, 9.17) is 20.7 Å². The summed E-state index contributed by atoms with van der Waals surface area (Å²) >= 11 is 0. The molecule has 0 atom stereocenters. The molecule has 0 aliphatic carbocycles. The Balaban J connectivity index is 4.44. The molecule has 0 amide bonds. The van der Waals surface area contributed by atoms with Gasteiger partial charge in [-0.1, -0.05) is 0 Å². The largest absolute Gasteiger partial charge is 0.479 e. The van der Waals surface area contributed by atoms with Crippen molar-refractivity contribution in [1.82, 2.24) is 0 Å². The molecule has 5 heteroatoms. The number of aliphatic carboxylic acids is 1. The molecule has 0 aromatic carbocycles. The van der Waals surface area contributed by atoms with Gasteiger partial charge >= 0.3 is 5.97 Å². The highest BCUT2D eigenvalue weighted by Crippen LogP contribution is 2.13. The van der Waals surface area contributed by atoms with Crippen LogP contribution in [0, 0.1) is 22.7 Å². The molecule has 0 aliphatic heterocycles. The highest BCUT2D eigenvalue weighted by Gasteiger charge is 2.35. The van der Waals surface area contributed by atoms with E-state index in [-0.39, 0.29) is 0 Å². The van der Waals surface area contributed by atoms with E-state index < -0.39 is 24.4 Å². The highest BCUT2D eigenvalue weighted by molar-refractivity contribution is 5.77. The maximum Gasteiger partial charge on any atom is 0.337 e. The van der Waals surface area contributed by atoms with Gasteiger partial charge in [-0.3, -0.25) is 0 Å². The van der Waals surface area contributed by atoms with Crippen molar-refractivity contribution in [2.45, 2.75) is 18.4 Å². The monoisotopic (exact) mass is 154 g/mol. The van der Waals surface area contributed by atoms with E-state index in [1.807, 2.05) is 0 Å². The van der Waals surface area contributed by atoms with E-state index in [0.717, 1.165) is 0 Å². The Bertz CT molecular complexity index is 219. The molecule has 0 aliphatic rings. The summed E-state index contributed by atoms with van der Waals surface area (Å²) in [5.41, 5.74) is -2.20. The van der Waals surface area contributed by atoms with Crippen LogP contribution in [-0.4, -0.2) is 21.8 Å². The molecule has 0 aromatic rings. The van der Waals surface area contributed by atoms with Crippen molar-refractivity contribution in [2.75, 3.05) is 0 Å². The van der Waals surface area contributed by atoms with Crippen LogP contribution in [0.1, 0.15) is 12.8 Å². The van der Waals surface area contributed by atoms with Crippen LogP contribution in [0.15, 0.2) is 0 Å². The van der Waals surface area contributed by atoms with Gasteiger partial charge in [0.1, 0.15) is 0 Å². The molecule has 0 heterocycles. The number of rotatable bonds is 3. The third-order valence-corrected chi connectivity index (χ3v) is 1.14. The van der Waals surface area contributed by atoms with Crippen molar-refractivity contribution in [3.8, 4) is 12.1 Å². The van der Waals surface area contributed by atoms with Gasteiger partial charge in [0.25, 0.3) is 0 Å². The minimum atomic E-state index is -2.20. The summed E-state index contributed by atoms with van der Waals surface area (Å²) in [7, 11) is 0. The van der Waals surface area contributed by atoms with Crippen molar-refractivity contribution in [2.24, 2.45) is 0 Å². The lowest BCUT2D eigenvalue weighted by Crippen LogP contribution is -2.37. The van der Waals surface area contributed by atoms with Crippen LogP contribution >= 0.6 is 0 Å². The Kier molecular flexibility index (Phi) is 3.03. The average molecular weight is 154 g/mol. The number of hydrogen-bond acceptors (Lipinski definition) is 4. The van der Waals surface area contributed by atoms with Gasteiger partial charge in [-0.25, -0.2) is 4.79 Å². The first-order valence-electron chi connectivity index (χ1n) is 2.76. The number of carbonyl (C=O) groups is 1. The first-order chi connectivity index (χ1) is 5.06. The van der Waals surface area contributed by atoms with Crippen molar-refractivity contribution in [3.63, 3.8) is 0 Å². The lowest BCUT2D eigenvalue weighted by molar-refractivity contribution is -0.157. The number of carboxylic acid groups (broad SMARTS) is 1. The van der Waals surface area contributed by atoms with Gasteiger partial charge in [-0.2, -0.15) is 10.5 Å². The van der Waals surface area contributed by atoms with Crippen LogP contribution in [-0.2, 0) is 4.79 Å². The number of hydrogen-bond donors (Lipinski definition) is 2. The summed E-state index contributed by atoms with van der Waals surface area (Å²) in [5.74, 6) is -1.54. The molecule has 0 radical (unpaired) electrons. The third-order valence-electron chi connectivity index (χ3n) is 1.14. The van der Waals surface area contributed by atoms with E-state index in [9.17, 15) is 4.79 Å². The second-order valence-electron chi connectivity index (χ2n) is 2.01. The Hall–Kier alpha value is -1.59. The quantitative estimate of drug-likeness (QED) is 0.576. The van der Waals surface area contributed by atoms with E-state index in [1.165, 1.54) is 12.1 Å². The van der Waals surface area contributed by atoms with Crippen LogP contribution in [0.5, 0.6) is 0 Å². The van der Waals surface area contributed by atoms with Gasteiger partial charge < -0.3 is 10.2 Å². The number of aliphatic hydroxyl groups is 1. The standard InChI is InChI=1S/C6H6N2O3/c7-3-1-6(11,2-4-8)5(9)10/h11H,1-2H2,(H,9,10). The molecule has 0 aromatic heterocycles. The van der Waals surface area contributed by atoms with Crippen molar-refractivity contribution < 1.29 is 15.0 Å². The Labute approximate surface area is 63.1 Å². The molecule has 0 saturated carbocycles. The molecule has 0 bridgehead atoms. The molecular formula is C6H6N2O3. The molecule has 0 saturated heterocycles. The molecule has 0 fully saturated rings. The molecule has 2 N–H and O–H groups in total. The molecule has 0 rings (SSSR count). The topological polar surface area (TPSA) is 105 Å². The minimum absolute atomic E-state index is 0.574. The Morgan fingerprint density at radius 1 is 1.36 bits per heavy atom. The molecule has 0 unspecified atom stereocenters. The van der Waals surface area contributed by atoms with Gasteiger partial charge in [0.2, 0.25) is 0 Å². The van der Waals surface area contributed by atoms with E-state index in [1.54, 1.807) is 0 Å². The first kappa shape index (κ1) is 9.41. The van der Waals surface area contributed by atoms with Gasteiger partial charge in [0, 0.05) is 0 Å². The summed E-state index contributed by atoms with van der Waals surface area (Å²) in [5, 5.41) is 33.6. The third kappa shape index (κ3) is 2.24. The second kappa shape index (κ2) is 3.55. The average Bonchev–Trinajstić information content (AvgIpc) is 1.88. The zero-order chi connectivity index (χ0) is 8.91. The molecule has 0 spiro atoms. The summed E-state index contributed by atoms with van der Waals surface area (Å²) in [6, 6.07) is 2.99. The fourth-order valence-corrected chi connectivity index (χ4v) is 0.475. The molecule has 58 valence electrons. The van der Waals surface area contributed by atoms with Gasteiger partial charge in [0.05, 0.1) is 25.0 Å². The van der Waals surface area contributed by atoms with Crippen molar-refractivity contribution in [1.29, 1.82) is 10.5 Å². The highest BCUT2D eigenvalue weighted by atomic mass is 16.4. The van der Waals surface area contributed by atoms with E-state index in [2.05, 4.69) is 0 Å². The van der Waals surface area contributed by atoms with Crippen LogP contribution in [0.2, 0.25) is 0 Å². The lowest BCUT2D eigenvalue weighted by Gasteiger charge is -2.15. The maximum absolute atomic E-state index is 10.2. The summed E-state index contributed by atoms with van der Waals surface area (Å²) in [6.07, 6.45) is -1.15. The Morgan fingerprint density at radius 2 is 1.73 bits per heavy atom. The van der Waals surface area contributed by atoms with Crippen molar-refractivity contribution in [3.05, 3.63) is 0 Å². The number of carboxylic acids is 1. The van der Waals surface area contributed by atoms with Gasteiger partial charge in [-0.05, 0) is 0 Å². The predicted octanol–water partition coefficient (Wildman–Crippen LogP) is -0.371. The van der Waals surface area contributed by atoms with Gasteiger partial charge in [-0.15, -0.1) is 0 Å². The number of nitriles is 2. The maximum atomic E-state index is 10.2. The zero-order valence-electron chi connectivity index (χ0n) is 5.61. The van der Waals surface area contributed by atoms with Crippen LogP contribution in [0.25, 0.3) is 0 Å². The van der Waals surface area contributed by atoms with Crippen LogP contribution in [0.3, 0.4) is 0 Å². The van der Waals surface area contributed by atoms with Crippen LogP contribution in [0.4, 0.5) is 0 Å². The summed E-state index contributed by atoms with van der Waals surface area (Å²) < 4.78 is 0. The Morgan fingerprint density at radius 3 is 1.91 bits per heavy atom. The normalized spacial score (nSPS) is 9.73. The zero-order valence-corrected chi connectivity index (χ0v) is 5.61. The fraction of sp³-hybridized carbons (Fsp3) is 0.500. The minimum Gasteiger partial charge on any atom is -0.479 e. The fourth-order valence-electron chi connectivity index (χ4n) is 0.475. The first-order valence-corrected chi connectivity index (χ1v) is 2.76. The second-order valence-corrected chi connectivity index (χ2v) is 2.01. The molecular weight excluding hydrogens is 148 g/mol. The predicted molar refractivity (Wildman–Crippen MR) is 33.0 cm³/mol. The van der Waals surface area contributed by atoms with E-state index >= 15 is 0 Å². The SMILES string of the molecule is N#CCC(O)(CC#N)C(=O)O. The molecule has 5 nitrogen and oxygen atoms in total. The lowest BCUT2D eigenvalue weighted by atomic mass is 9.98. The van der Waals surface area contributed by atoms with Gasteiger partial charge in [0.15, 0.2) is 5.60 Å². The van der Waals surface area contributed by atoms with Crippen LogP contribution < -0.4 is 0 Å². The summed E-state index contributed by atoms with van der Waals surface area (Å²) in [4.78, 5) is 10.2.